The van der Waals surface area contributed by atoms with Crippen molar-refractivity contribution in [3.8, 4) is 17.0 Å². The van der Waals surface area contributed by atoms with Crippen LogP contribution in [0.2, 0.25) is 0 Å². The predicted octanol–water partition coefficient (Wildman–Crippen LogP) is 3.64. The van der Waals surface area contributed by atoms with Crippen molar-refractivity contribution in [2.24, 2.45) is 5.73 Å². The van der Waals surface area contributed by atoms with E-state index in [-0.39, 0.29) is 24.8 Å². The van der Waals surface area contributed by atoms with E-state index in [0.29, 0.717) is 57.7 Å². The number of nitrogens with two attached hydrogens (primary N) is 1. The van der Waals surface area contributed by atoms with Crippen LogP contribution in [0.15, 0.2) is 54.6 Å². The summed E-state index contributed by atoms with van der Waals surface area (Å²) in [5, 5.41) is 15.1. The number of pyridine rings is 2. The number of rotatable bonds is 7. The molecule has 2 aromatic heterocycles. The van der Waals surface area contributed by atoms with E-state index >= 15 is 0 Å². The zero-order chi connectivity index (χ0) is 31.4. The van der Waals surface area contributed by atoms with Crippen LogP contribution in [0.25, 0.3) is 22.2 Å². The third-order valence-corrected chi connectivity index (χ3v) is 8.42. The van der Waals surface area contributed by atoms with Gasteiger partial charge >= 0.3 is 0 Å². The summed E-state index contributed by atoms with van der Waals surface area (Å²) in [5.41, 5.74) is 6.59. The number of carbonyl (C=O) groups is 3. The number of nitrogens with one attached hydrogen (secondary N) is 1. The lowest BCUT2D eigenvalue weighted by atomic mass is 9.82. The molecule has 44 heavy (non-hydrogen) atoms. The van der Waals surface area contributed by atoms with Gasteiger partial charge in [0.15, 0.2) is 0 Å². The lowest BCUT2D eigenvalue weighted by Crippen LogP contribution is -2.41. The number of halogens is 1. The second-order valence-corrected chi connectivity index (χ2v) is 11.8. The summed E-state index contributed by atoms with van der Waals surface area (Å²) in [6.07, 6.45) is 1.15. The molecular weight excluding hydrogens is 565 g/mol. The Morgan fingerprint density at radius 1 is 1.16 bits per heavy atom. The van der Waals surface area contributed by atoms with Crippen molar-refractivity contribution in [3.63, 3.8) is 0 Å². The van der Waals surface area contributed by atoms with Gasteiger partial charge in [0.25, 0.3) is 5.91 Å². The average molecular weight is 598 g/mol. The van der Waals surface area contributed by atoms with Crippen LogP contribution >= 0.6 is 0 Å². The fourth-order valence-electron chi connectivity index (χ4n) is 5.67. The lowest BCUT2D eigenvalue weighted by Gasteiger charge is -2.26. The zero-order valence-electron chi connectivity index (χ0n) is 24.6. The van der Waals surface area contributed by atoms with Gasteiger partial charge < -0.3 is 25.8 Å². The van der Waals surface area contributed by atoms with Crippen molar-refractivity contribution in [1.29, 1.82) is 0 Å². The van der Waals surface area contributed by atoms with Crippen LogP contribution in [0.5, 0.6) is 5.75 Å². The molecule has 4 N–H and O–H groups in total. The lowest BCUT2D eigenvalue weighted by molar-refractivity contribution is -0.123. The first-order valence-electron chi connectivity index (χ1n) is 14.3. The number of hydrogen-bond donors (Lipinski definition) is 3. The molecule has 4 aromatic rings. The number of primary amides is 1. The van der Waals surface area contributed by atoms with Crippen LogP contribution in [-0.2, 0) is 20.6 Å². The molecule has 0 spiro atoms. The number of nitrogens with zero attached hydrogens (tertiary/aromatic N) is 3. The maximum Gasteiger partial charge on any atom is 0.251 e. The summed E-state index contributed by atoms with van der Waals surface area (Å²) in [6.45, 7) is 5.29. The van der Waals surface area contributed by atoms with Crippen LogP contribution in [0.1, 0.15) is 54.0 Å². The minimum Gasteiger partial charge on any atom is -0.489 e. The van der Waals surface area contributed by atoms with E-state index in [1.165, 1.54) is 31.2 Å². The monoisotopic (exact) mass is 597 g/mol. The highest BCUT2D eigenvalue weighted by Crippen LogP contribution is 2.45. The number of hydrogen-bond acceptors (Lipinski definition) is 7. The van der Waals surface area contributed by atoms with E-state index < -0.39 is 28.6 Å². The van der Waals surface area contributed by atoms with E-state index in [9.17, 15) is 23.9 Å². The summed E-state index contributed by atoms with van der Waals surface area (Å²) in [5.74, 6) is -1.21. The van der Waals surface area contributed by atoms with Gasteiger partial charge in [-0.3, -0.25) is 19.4 Å². The summed E-state index contributed by atoms with van der Waals surface area (Å²) in [7, 11) is 0. The molecule has 11 heteroatoms. The third kappa shape index (κ3) is 5.02. The molecule has 0 saturated carbocycles. The van der Waals surface area contributed by atoms with E-state index in [2.05, 4.69) is 15.3 Å². The molecule has 2 aliphatic heterocycles. The first kappa shape index (κ1) is 29.2. The Hall–Kier alpha value is -4.90. The van der Waals surface area contributed by atoms with Gasteiger partial charge in [0.1, 0.15) is 34.9 Å². The predicted molar refractivity (Wildman–Crippen MR) is 162 cm³/mol. The van der Waals surface area contributed by atoms with E-state index in [1.807, 2.05) is 19.1 Å². The molecule has 2 aliphatic rings. The maximum atomic E-state index is 13.7. The molecule has 226 valence electrons. The van der Waals surface area contributed by atoms with Crippen molar-refractivity contribution < 1.29 is 28.6 Å². The topological polar surface area (TPSA) is 148 Å². The fraction of sp³-hybridized carbons (Fsp3) is 0.303. The number of carbonyl (C=O) groups excluding carboxylic acids is 3. The Morgan fingerprint density at radius 2 is 1.91 bits per heavy atom. The van der Waals surface area contributed by atoms with Crippen molar-refractivity contribution in [3.05, 3.63) is 82.9 Å². The second kappa shape index (κ2) is 10.7. The minimum absolute atomic E-state index is 0.0198. The van der Waals surface area contributed by atoms with Crippen molar-refractivity contribution >= 4 is 34.3 Å². The van der Waals surface area contributed by atoms with Gasteiger partial charge in [-0.1, -0.05) is 6.07 Å². The number of aromatic nitrogens is 2. The van der Waals surface area contributed by atoms with E-state index in [1.54, 1.807) is 30.0 Å². The Labute approximate surface area is 253 Å². The minimum atomic E-state index is -1.70. The highest BCUT2D eigenvalue weighted by molar-refractivity contribution is 6.07. The van der Waals surface area contributed by atoms with Gasteiger partial charge in [-0.05, 0) is 75.7 Å². The number of ether oxygens (including phenoxy) is 1. The van der Waals surface area contributed by atoms with Crippen molar-refractivity contribution in [1.82, 2.24) is 15.3 Å². The molecule has 6 rings (SSSR count). The molecule has 10 nitrogen and oxygen atoms in total. The van der Waals surface area contributed by atoms with Gasteiger partial charge in [-0.15, -0.1) is 0 Å². The largest absolute Gasteiger partial charge is 0.489 e. The molecule has 1 saturated heterocycles. The molecule has 2 atom stereocenters. The van der Waals surface area contributed by atoms with Gasteiger partial charge in [0.05, 0.1) is 23.4 Å². The van der Waals surface area contributed by atoms with Gasteiger partial charge in [0.2, 0.25) is 11.8 Å². The Balaban J connectivity index is 1.34. The number of fused-ring (bicyclic) bond motifs is 2. The number of anilines is 1. The molecule has 0 bridgehead atoms. The Morgan fingerprint density at radius 3 is 2.59 bits per heavy atom. The molecule has 1 fully saturated rings. The molecule has 3 amide bonds. The summed E-state index contributed by atoms with van der Waals surface area (Å²) >= 11 is 0. The van der Waals surface area contributed by atoms with Crippen LogP contribution in [0.4, 0.5) is 10.1 Å². The first-order valence-corrected chi connectivity index (χ1v) is 14.3. The highest BCUT2D eigenvalue weighted by Gasteiger charge is 2.45. The van der Waals surface area contributed by atoms with Crippen LogP contribution in [0, 0.1) is 12.7 Å². The van der Waals surface area contributed by atoms with E-state index in [4.69, 9.17) is 10.5 Å². The Bertz CT molecular complexity index is 1840. The zero-order valence-corrected chi connectivity index (χ0v) is 24.6. The number of aryl methyl sites for hydroxylation is 1. The smallest absolute Gasteiger partial charge is 0.251 e. The second-order valence-electron chi connectivity index (χ2n) is 11.8. The molecule has 2 aromatic carbocycles. The Kier molecular flexibility index (Phi) is 7.08. The summed E-state index contributed by atoms with van der Waals surface area (Å²) in [6, 6.07) is 14.2. The molecule has 4 heterocycles. The molecule has 0 unspecified atom stereocenters. The quantitative estimate of drug-likeness (QED) is 0.295. The summed E-state index contributed by atoms with van der Waals surface area (Å²) < 4.78 is 19.6. The van der Waals surface area contributed by atoms with Gasteiger partial charge in [-0.25, -0.2) is 9.37 Å². The maximum absolute atomic E-state index is 13.7. The van der Waals surface area contributed by atoms with E-state index in [0.717, 1.165) is 12.1 Å². The highest BCUT2D eigenvalue weighted by atomic mass is 19.1. The standard InChI is InChI=1S/C33H32FN5O5/c1-18-6-7-20-13-21(14-24(27(20)37-18)39-12-4-5-26(39)40)30(41)36-16-33(3,43)25-15-23-29(44-17-32(23,2)31(35)42)28(38-25)19-8-10-22(34)11-9-19/h6-11,13-15,43H,4-5,12,16-17H2,1-3H3,(H2,35,42)(H,36,41)/t32-,33-/m0/s1. The first-order chi connectivity index (χ1) is 20.9. The number of amides is 3. The number of benzene rings is 2. The van der Waals surface area contributed by atoms with Gasteiger partial charge in [-0.2, -0.15) is 0 Å². The SMILES string of the molecule is Cc1ccc2cc(C(=O)NC[C@](C)(O)c3cc4c(c(-c5ccc(F)cc5)n3)OC[C@]4(C)C(N)=O)cc(N3CCCC3=O)c2n1. The van der Waals surface area contributed by atoms with Crippen LogP contribution < -0.4 is 20.7 Å². The molecular formula is C33H32FN5O5. The van der Waals surface area contributed by atoms with Crippen LogP contribution in [-0.4, -0.2) is 52.5 Å². The number of aliphatic hydroxyl groups is 1. The molecule has 0 radical (unpaired) electrons. The molecule has 0 aliphatic carbocycles. The fourth-order valence-corrected chi connectivity index (χ4v) is 5.67. The average Bonchev–Trinajstić information content (AvgIpc) is 3.59. The van der Waals surface area contributed by atoms with Gasteiger partial charge in [0, 0.05) is 40.7 Å². The third-order valence-electron chi connectivity index (χ3n) is 8.42. The van der Waals surface area contributed by atoms with Crippen molar-refractivity contribution in [2.75, 3.05) is 24.6 Å². The van der Waals surface area contributed by atoms with Crippen molar-refractivity contribution in [2.45, 2.75) is 44.6 Å². The summed E-state index contributed by atoms with van der Waals surface area (Å²) in [4.78, 5) is 49.6. The normalized spacial score (nSPS) is 19.0. The van der Waals surface area contributed by atoms with Crippen LogP contribution in [0.3, 0.4) is 0 Å².